The molecule has 0 aliphatic rings. The Morgan fingerprint density at radius 1 is 1.16 bits per heavy atom. The summed E-state index contributed by atoms with van der Waals surface area (Å²) in [6, 6.07) is 11.1. The van der Waals surface area contributed by atoms with Crippen LogP contribution in [0.3, 0.4) is 0 Å². The Hall–Kier alpha value is -1.29. The molecule has 2 aromatic rings. The molecule has 19 heavy (non-hydrogen) atoms. The van der Waals surface area contributed by atoms with Crippen LogP contribution in [-0.2, 0) is 0 Å². The number of anilines is 1. The normalized spacial score (nSPS) is 12.2. The van der Waals surface area contributed by atoms with Gasteiger partial charge in [0, 0.05) is 17.1 Å². The summed E-state index contributed by atoms with van der Waals surface area (Å²) in [5.74, 6) is -0.436. The monoisotopic (exact) mass is 299 g/mol. The average Bonchev–Trinajstić information content (AvgIpc) is 2.40. The van der Waals surface area contributed by atoms with Gasteiger partial charge < -0.3 is 10.4 Å². The van der Waals surface area contributed by atoms with Crippen LogP contribution in [-0.4, -0.2) is 11.7 Å². The second-order valence-corrected chi connectivity index (χ2v) is 4.89. The fourth-order valence-electron chi connectivity index (χ4n) is 1.69. The van der Waals surface area contributed by atoms with Gasteiger partial charge in [-0.2, -0.15) is 0 Å². The topological polar surface area (TPSA) is 32.3 Å². The third-order valence-corrected chi connectivity index (χ3v) is 3.24. The Bertz CT molecular complexity index is 577. The summed E-state index contributed by atoms with van der Waals surface area (Å²) in [7, 11) is 0. The van der Waals surface area contributed by atoms with Crippen molar-refractivity contribution in [1.82, 2.24) is 0 Å². The van der Waals surface area contributed by atoms with Crippen LogP contribution in [0.1, 0.15) is 11.7 Å². The van der Waals surface area contributed by atoms with Crippen molar-refractivity contribution in [3.05, 3.63) is 63.9 Å². The lowest BCUT2D eigenvalue weighted by atomic mass is 10.1. The summed E-state index contributed by atoms with van der Waals surface area (Å²) in [6.07, 6.45) is -0.962. The molecule has 2 aromatic carbocycles. The van der Waals surface area contributed by atoms with Crippen molar-refractivity contribution in [1.29, 1.82) is 0 Å². The zero-order chi connectivity index (χ0) is 13.8. The van der Waals surface area contributed by atoms with Gasteiger partial charge in [0.15, 0.2) is 0 Å². The van der Waals surface area contributed by atoms with Gasteiger partial charge in [-0.1, -0.05) is 41.4 Å². The Balaban J connectivity index is 2.06. The first kappa shape index (κ1) is 14.1. The van der Waals surface area contributed by atoms with Crippen LogP contribution in [0, 0.1) is 5.82 Å². The Kier molecular flexibility index (Phi) is 4.64. The SMILES string of the molecule is OC(CNc1cc(Cl)ccc1Cl)c1ccccc1F. The van der Waals surface area contributed by atoms with Crippen molar-refractivity contribution < 1.29 is 9.50 Å². The fraction of sp³-hybridized carbons (Fsp3) is 0.143. The lowest BCUT2D eigenvalue weighted by Gasteiger charge is -2.14. The van der Waals surface area contributed by atoms with Crippen LogP contribution in [0.15, 0.2) is 42.5 Å². The molecule has 0 aliphatic heterocycles. The summed E-state index contributed by atoms with van der Waals surface area (Å²) in [5, 5.41) is 13.9. The molecule has 0 bridgehead atoms. The van der Waals surface area contributed by atoms with Gasteiger partial charge in [0.1, 0.15) is 5.82 Å². The number of nitrogens with one attached hydrogen (secondary N) is 1. The Morgan fingerprint density at radius 3 is 2.63 bits per heavy atom. The molecular weight excluding hydrogens is 288 g/mol. The maximum absolute atomic E-state index is 13.5. The van der Waals surface area contributed by atoms with Crippen LogP contribution >= 0.6 is 23.2 Å². The van der Waals surface area contributed by atoms with Crippen molar-refractivity contribution in [2.45, 2.75) is 6.10 Å². The minimum Gasteiger partial charge on any atom is -0.386 e. The molecule has 0 amide bonds. The molecule has 0 saturated heterocycles. The van der Waals surface area contributed by atoms with Gasteiger partial charge in [0.2, 0.25) is 0 Å². The maximum atomic E-state index is 13.5. The van der Waals surface area contributed by atoms with Crippen LogP contribution in [0.25, 0.3) is 0 Å². The van der Waals surface area contributed by atoms with E-state index >= 15 is 0 Å². The first-order chi connectivity index (χ1) is 9.08. The number of aliphatic hydroxyl groups excluding tert-OH is 1. The average molecular weight is 300 g/mol. The molecule has 0 radical (unpaired) electrons. The number of hydrogen-bond donors (Lipinski definition) is 2. The van der Waals surface area contributed by atoms with E-state index in [9.17, 15) is 9.50 Å². The quantitative estimate of drug-likeness (QED) is 0.883. The third-order valence-electron chi connectivity index (χ3n) is 2.68. The summed E-state index contributed by atoms with van der Waals surface area (Å²) < 4.78 is 13.5. The third kappa shape index (κ3) is 3.60. The van der Waals surface area contributed by atoms with E-state index in [1.54, 1.807) is 36.4 Å². The standard InChI is InChI=1S/C14H12Cl2FNO/c15-9-5-6-11(16)13(7-9)18-8-14(19)10-3-1-2-4-12(10)17/h1-7,14,18-19H,8H2. The predicted octanol–water partition coefficient (Wildman–Crippen LogP) is 4.28. The van der Waals surface area contributed by atoms with E-state index in [0.717, 1.165) is 0 Å². The molecule has 5 heteroatoms. The highest BCUT2D eigenvalue weighted by Gasteiger charge is 2.12. The minimum atomic E-state index is -0.962. The van der Waals surface area contributed by atoms with Crippen molar-refractivity contribution in [3.63, 3.8) is 0 Å². The van der Waals surface area contributed by atoms with Gasteiger partial charge in [-0.05, 0) is 24.3 Å². The number of benzene rings is 2. The Morgan fingerprint density at radius 2 is 1.89 bits per heavy atom. The highest BCUT2D eigenvalue weighted by atomic mass is 35.5. The molecule has 2 N–H and O–H groups in total. The first-order valence-corrected chi connectivity index (χ1v) is 6.45. The number of hydrogen-bond acceptors (Lipinski definition) is 2. The maximum Gasteiger partial charge on any atom is 0.129 e. The molecule has 0 spiro atoms. The molecule has 100 valence electrons. The van der Waals surface area contributed by atoms with E-state index < -0.39 is 11.9 Å². The van der Waals surface area contributed by atoms with Crippen molar-refractivity contribution >= 4 is 28.9 Å². The number of aliphatic hydroxyl groups is 1. The van der Waals surface area contributed by atoms with Crippen LogP contribution < -0.4 is 5.32 Å². The summed E-state index contributed by atoms with van der Waals surface area (Å²) in [6.45, 7) is 0.140. The van der Waals surface area contributed by atoms with Crippen molar-refractivity contribution in [2.24, 2.45) is 0 Å². The molecule has 2 rings (SSSR count). The molecular formula is C14H12Cl2FNO. The highest BCUT2D eigenvalue weighted by molar-refractivity contribution is 6.35. The minimum absolute atomic E-state index is 0.140. The van der Waals surface area contributed by atoms with E-state index in [0.29, 0.717) is 15.7 Å². The zero-order valence-electron chi connectivity index (χ0n) is 9.91. The molecule has 0 aromatic heterocycles. The highest BCUT2D eigenvalue weighted by Crippen LogP contribution is 2.26. The van der Waals surface area contributed by atoms with Crippen LogP contribution in [0.4, 0.5) is 10.1 Å². The van der Waals surface area contributed by atoms with E-state index in [-0.39, 0.29) is 12.1 Å². The molecule has 1 unspecified atom stereocenters. The number of rotatable bonds is 4. The van der Waals surface area contributed by atoms with Gasteiger partial charge in [0.25, 0.3) is 0 Å². The van der Waals surface area contributed by atoms with Gasteiger partial charge in [0.05, 0.1) is 16.8 Å². The largest absolute Gasteiger partial charge is 0.386 e. The fourth-order valence-corrected chi connectivity index (χ4v) is 2.05. The second kappa shape index (κ2) is 6.24. The summed E-state index contributed by atoms with van der Waals surface area (Å²) >= 11 is 11.8. The first-order valence-electron chi connectivity index (χ1n) is 5.69. The molecule has 0 saturated carbocycles. The number of halogens is 3. The van der Waals surface area contributed by atoms with E-state index in [1.165, 1.54) is 6.07 Å². The molecule has 1 atom stereocenters. The van der Waals surface area contributed by atoms with E-state index in [4.69, 9.17) is 23.2 Å². The van der Waals surface area contributed by atoms with E-state index in [1.807, 2.05) is 0 Å². The molecule has 0 aliphatic carbocycles. The zero-order valence-corrected chi connectivity index (χ0v) is 11.4. The van der Waals surface area contributed by atoms with Crippen LogP contribution in [0.5, 0.6) is 0 Å². The molecule has 2 nitrogen and oxygen atoms in total. The van der Waals surface area contributed by atoms with Gasteiger partial charge in [-0.3, -0.25) is 0 Å². The predicted molar refractivity (Wildman–Crippen MR) is 76.3 cm³/mol. The molecule has 0 fully saturated rings. The van der Waals surface area contributed by atoms with Crippen molar-refractivity contribution in [2.75, 3.05) is 11.9 Å². The smallest absolute Gasteiger partial charge is 0.129 e. The lowest BCUT2D eigenvalue weighted by molar-refractivity contribution is 0.186. The van der Waals surface area contributed by atoms with Gasteiger partial charge in [-0.25, -0.2) is 4.39 Å². The van der Waals surface area contributed by atoms with Gasteiger partial charge >= 0.3 is 0 Å². The Labute approximate surface area is 120 Å². The molecule has 0 heterocycles. The summed E-state index contributed by atoms with van der Waals surface area (Å²) in [5.41, 5.74) is 0.845. The second-order valence-electron chi connectivity index (χ2n) is 4.04. The van der Waals surface area contributed by atoms with Crippen molar-refractivity contribution in [3.8, 4) is 0 Å². The van der Waals surface area contributed by atoms with E-state index in [2.05, 4.69) is 5.32 Å². The lowest BCUT2D eigenvalue weighted by Crippen LogP contribution is -2.13. The van der Waals surface area contributed by atoms with Gasteiger partial charge in [-0.15, -0.1) is 0 Å². The summed E-state index contributed by atoms with van der Waals surface area (Å²) in [4.78, 5) is 0. The van der Waals surface area contributed by atoms with Crippen LogP contribution in [0.2, 0.25) is 10.0 Å².